The van der Waals surface area contributed by atoms with Gasteiger partial charge in [0.05, 0.1) is 19.8 Å². The van der Waals surface area contributed by atoms with Crippen LogP contribution in [0.5, 0.6) is 0 Å². The molecule has 2 aromatic carbocycles. The second-order valence-electron chi connectivity index (χ2n) is 7.68. The van der Waals surface area contributed by atoms with Crippen LogP contribution in [0.2, 0.25) is 0 Å². The minimum Gasteiger partial charge on any atom is -0.468 e. The quantitative estimate of drug-likeness (QED) is 0.521. The number of ether oxygens (including phenoxy) is 2. The van der Waals surface area contributed by atoms with Crippen LogP contribution in [0.4, 0.5) is 0 Å². The maximum Gasteiger partial charge on any atom is 0.317 e. The average molecular weight is 403 g/mol. The Morgan fingerprint density at radius 2 is 1.77 bits per heavy atom. The molecule has 1 heterocycles. The van der Waals surface area contributed by atoms with Crippen molar-refractivity contribution in [3.8, 4) is 0 Å². The fourth-order valence-corrected chi connectivity index (χ4v) is 4.13. The molecule has 1 aliphatic carbocycles. The van der Waals surface area contributed by atoms with Crippen molar-refractivity contribution in [2.24, 2.45) is 5.41 Å². The monoisotopic (exact) mass is 403 g/mol. The van der Waals surface area contributed by atoms with Crippen molar-refractivity contribution in [2.75, 3.05) is 13.7 Å². The molecule has 1 amide bonds. The Morgan fingerprint density at radius 3 is 2.40 bits per heavy atom. The van der Waals surface area contributed by atoms with E-state index >= 15 is 0 Å². The van der Waals surface area contributed by atoms with Crippen LogP contribution in [0.15, 0.2) is 85.0 Å². The van der Waals surface area contributed by atoms with Gasteiger partial charge in [0.25, 0.3) is 5.91 Å². The lowest BCUT2D eigenvalue weighted by Gasteiger charge is -2.49. The Bertz CT molecular complexity index is 954. The van der Waals surface area contributed by atoms with Crippen LogP contribution < -0.4 is 0 Å². The molecule has 0 bridgehead atoms. The summed E-state index contributed by atoms with van der Waals surface area (Å²) in [7, 11) is 1.38. The fourth-order valence-electron chi connectivity index (χ4n) is 4.13. The van der Waals surface area contributed by atoms with Crippen LogP contribution in [0.3, 0.4) is 0 Å². The van der Waals surface area contributed by atoms with Crippen molar-refractivity contribution in [1.82, 2.24) is 4.90 Å². The molecule has 1 aliphatic heterocycles. The zero-order valence-electron chi connectivity index (χ0n) is 16.9. The van der Waals surface area contributed by atoms with Gasteiger partial charge in [-0.25, -0.2) is 0 Å². The first-order valence-electron chi connectivity index (χ1n) is 10.1. The molecule has 3 atom stereocenters. The lowest BCUT2D eigenvalue weighted by molar-refractivity contribution is -0.181. The summed E-state index contributed by atoms with van der Waals surface area (Å²) in [5.74, 6) is -0.442. The summed E-state index contributed by atoms with van der Waals surface area (Å²) in [6, 6.07) is 19.4. The molecule has 3 unspecified atom stereocenters. The molecule has 0 spiro atoms. The molecule has 0 saturated carbocycles. The largest absolute Gasteiger partial charge is 0.468 e. The average Bonchev–Trinajstić information content (AvgIpc) is 2.81. The van der Waals surface area contributed by atoms with E-state index in [1.54, 1.807) is 4.90 Å². The number of rotatable bonds is 7. The summed E-state index contributed by atoms with van der Waals surface area (Å²) in [5.41, 5.74) is 1.13. The lowest BCUT2D eigenvalue weighted by atomic mass is 9.78. The summed E-state index contributed by atoms with van der Waals surface area (Å²) in [6.07, 6.45) is 7.43. The molecule has 1 fully saturated rings. The standard InChI is InChI=1S/C25H25NO4/c1-29-24(28)25(15-9-4-10-16-25)18-26-21(20-13-7-3-8-14-20)22(23(26)27)30-17-19-11-5-2-6-12-19/h2-15,21-22H,16-18H2,1H3. The second kappa shape index (κ2) is 8.67. The zero-order chi connectivity index (χ0) is 21.0. The van der Waals surface area contributed by atoms with Gasteiger partial charge in [-0.05, 0) is 17.5 Å². The lowest BCUT2D eigenvalue weighted by Crippen LogP contribution is -2.62. The highest BCUT2D eigenvalue weighted by Crippen LogP contribution is 2.42. The van der Waals surface area contributed by atoms with E-state index in [1.807, 2.05) is 85.0 Å². The highest BCUT2D eigenvalue weighted by molar-refractivity contribution is 5.90. The summed E-state index contributed by atoms with van der Waals surface area (Å²) >= 11 is 0. The number of hydrogen-bond donors (Lipinski definition) is 0. The van der Waals surface area contributed by atoms with Crippen LogP contribution in [0, 0.1) is 5.41 Å². The topological polar surface area (TPSA) is 55.8 Å². The SMILES string of the molecule is COC(=O)C1(CN2C(=O)C(OCc3ccccc3)C2c2ccccc2)C=CC=CC1. The number of amides is 1. The molecule has 0 radical (unpaired) electrons. The number of carbonyl (C=O) groups excluding carboxylic acids is 2. The van der Waals surface area contributed by atoms with Crippen LogP contribution in [-0.4, -0.2) is 36.5 Å². The molecule has 2 aliphatic rings. The van der Waals surface area contributed by atoms with Crippen molar-refractivity contribution < 1.29 is 19.1 Å². The Balaban J connectivity index is 1.57. The second-order valence-corrected chi connectivity index (χ2v) is 7.68. The normalized spacial score (nSPS) is 25.1. The van der Waals surface area contributed by atoms with Gasteiger partial charge in [0.15, 0.2) is 6.10 Å². The number of esters is 1. The predicted molar refractivity (Wildman–Crippen MR) is 113 cm³/mol. The van der Waals surface area contributed by atoms with Crippen molar-refractivity contribution in [3.63, 3.8) is 0 Å². The van der Waals surface area contributed by atoms with E-state index in [0.717, 1.165) is 11.1 Å². The molecule has 5 heteroatoms. The van der Waals surface area contributed by atoms with E-state index in [4.69, 9.17) is 9.47 Å². The third-order valence-corrected chi connectivity index (χ3v) is 5.75. The van der Waals surface area contributed by atoms with Crippen LogP contribution in [0.25, 0.3) is 0 Å². The first kappa shape index (κ1) is 20.1. The molecule has 4 rings (SSSR count). The van der Waals surface area contributed by atoms with Gasteiger partial charge in [0.2, 0.25) is 0 Å². The van der Waals surface area contributed by atoms with E-state index in [-0.39, 0.29) is 24.5 Å². The van der Waals surface area contributed by atoms with Gasteiger partial charge >= 0.3 is 5.97 Å². The third kappa shape index (κ3) is 3.81. The fraction of sp³-hybridized carbons (Fsp3) is 0.280. The molecule has 0 N–H and O–H groups in total. The van der Waals surface area contributed by atoms with Gasteiger partial charge in [-0.3, -0.25) is 9.59 Å². The van der Waals surface area contributed by atoms with Gasteiger partial charge in [-0.2, -0.15) is 0 Å². The van der Waals surface area contributed by atoms with E-state index < -0.39 is 11.5 Å². The van der Waals surface area contributed by atoms with Crippen molar-refractivity contribution in [2.45, 2.75) is 25.2 Å². The maximum atomic E-state index is 13.1. The van der Waals surface area contributed by atoms with Gasteiger partial charge in [0.1, 0.15) is 5.41 Å². The Hall–Kier alpha value is -3.18. The van der Waals surface area contributed by atoms with Crippen LogP contribution in [0.1, 0.15) is 23.6 Å². The smallest absolute Gasteiger partial charge is 0.317 e. The van der Waals surface area contributed by atoms with Crippen LogP contribution in [-0.2, 0) is 25.7 Å². The van der Waals surface area contributed by atoms with E-state index in [2.05, 4.69) is 0 Å². The molecule has 0 aromatic heterocycles. The molecule has 154 valence electrons. The first-order chi connectivity index (χ1) is 14.6. The highest BCUT2D eigenvalue weighted by atomic mass is 16.5. The van der Waals surface area contributed by atoms with Gasteiger partial charge in [-0.1, -0.05) is 85.0 Å². The number of hydrogen-bond acceptors (Lipinski definition) is 4. The van der Waals surface area contributed by atoms with E-state index in [1.165, 1.54) is 7.11 Å². The number of methoxy groups -OCH3 is 1. The number of carbonyl (C=O) groups is 2. The first-order valence-corrected chi connectivity index (χ1v) is 10.1. The van der Waals surface area contributed by atoms with E-state index in [0.29, 0.717) is 13.0 Å². The van der Waals surface area contributed by atoms with Gasteiger partial charge in [-0.15, -0.1) is 0 Å². The van der Waals surface area contributed by atoms with Gasteiger partial charge < -0.3 is 14.4 Å². The summed E-state index contributed by atoms with van der Waals surface area (Å²) in [5, 5.41) is 0. The van der Waals surface area contributed by atoms with Crippen molar-refractivity contribution in [1.29, 1.82) is 0 Å². The minimum absolute atomic E-state index is 0.106. The summed E-state index contributed by atoms with van der Waals surface area (Å²) < 4.78 is 11.1. The van der Waals surface area contributed by atoms with Crippen molar-refractivity contribution in [3.05, 3.63) is 96.1 Å². The highest BCUT2D eigenvalue weighted by Gasteiger charge is 2.53. The molecular weight excluding hydrogens is 378 g/mol. The van der Waals surface area contributed by atoms with Crippen molar-refractivity contribution >= 4 is 11.9 Å². The third-order valence-electron chi connectivity index (χ3n) is 5.75. The number of benzene rings is 2. The zero-order valence-corrected chi connectivity index (χ0v) is 16.9. The molecule has 5 nitrogen and oxygen atoms in total. The number of β-lactam (4-membered cyclic amide) rings is 1. The van der Waals surface area contributed by atoms with Crippen LogP contribution >= 0.6 is 0 Å². The molecular formula is C25H25NO4. The van der Waals surface area contributed by atoms with E-state index in [9.17, 15) is 9.59 Å². The maximum absolute atomic E-state index is 13.1. The minimum atomic E-state index is -0.878. The molecule has 1 saturated heterocycles. The predicted octanol–water partition coefficient (Wildman–Crippen LogP) is 3.83. The Morgan fingerprint density at radius 1 is 1.07 bits per heavy atom. The molecule has 2 aromatic rings. The Kier molecular flexibility index (Phi) is 5.81. The number of nitrogens with zero attached hydrogens (tertiary/aromatic N) is 1. The molecule has 30 heavy (non-hydrogen) atoms. The summed E-state index contributed by atoms with van der Waals surface area (Å²) in [6.45, 7) is 0.614. The number of likely N-dealkylation sites (tertiary alicyclic amines) is 1. The van der Waals surface area contributed by atoms with Gasteiger partial charge in [0, 0.05) is 6.54 Å². The Labute approximate surface area is 176 Å². The summed E-state index contributed by atoms with van der Waals surface area (Å²) in [4.78, 5) is 27.5. The number of allylic oxidation sites excluding steroid dienone is 3.